The molecule has 4 rings (SSSR count). The van der Waals surface area contributed by atoms with Gasteiger partial charge in [-0.2, -0.15) is 0 Å². The molecule has 1 aliphatic rings. The Hall–Kier alpha value is -2.66. The van der Waals surface area contributed by atoms with Gasteiger partial charge < -0.3 is 10.3 Å². The van der Waals surface area contributed by atoms with Crippen molar-refractivity contribution >= 4 is 22.6 Å². The van der Waals surface area contributed by atoms with Gasteiger partial charge in [-0.15, -0.1) is 0 Å². The highest BCUT2D eigenvalue weighted by Crippen LogP contribution is 2.28. The maximum absolute atomic E-state index is 12.7. The highest BCUT2D eigenvalue weighted by atomic mass is 16.2. The van der Waals surface area contributed by atoms with Crippen molar-refractivity contribution in [1.82, 2.24) is 14.9 Å². The highest BCUT2D eigenvalue weighted by molar-refractivity contribution is 5.93. The van der Waals surface area contributed by atoms with E-state index in [-0.39, 0.29) is 5.91 Å². The van der Waals surface area contributed by atoms with E-state index in [4.69, 9.17) is 4.98 Å². The van der Waals surface area contributed by atoms with Crippen LogP contribution in [0.4, 0.5) is 5.69 Å². The summed E-state index contributed by atoms with van der Waals surface area (Å²) in [6.07, 6.45) is 3.90. The summed E-state index contributed by atoms with van der Waals surface area (Å²) in [4.78, 5) is 23.3. The van der Waals surface area contributed by atoms with Gasteiger partial charge in [-0.25, -0.2) is 4.98 Å². The largest absolute Gasteiger partial charge is 0.342 e. The third kappa shape index (κ3) is 4.41. The number of hydrogen-bond donors (Lipinski definition) is 2. The minimum absolute atomic E-state index is 0.0864. The van der Waals surface area contributed by atoms with E-state index >= 15 is 0 Å². The summed E-state index contributed by atoms with van der Waals surface area (Å²) in [5.41, 5.74) is 6.84. The summed E-state index contributed by atoms with van der Waals surface area (Å²) in [5.74, 6) is 1.61. The molecule has 1 aliphatic heterocycles. The molecule has 3 aromatic rings. The fourth-order valence-corrected chi connectivity index (χ4v) is 4.49. The number of rotatable bonds is 6. The standard InChI is InChI=1S/C25H32N4O/c1-4-18-7-6-8-19(5-2)24(18)28-23(30)16-29-13-11-20(12-14-29)25-26-21-10-9-17(3)15-22(21)27-25/h6-10,15,20H,4-5,11-14,16H2,1-3H3,(H,26,27)(H,28,30). The molecule has 1 aromatic heterocycles. The average molecular weight is 405 g/mol. The third-order valence-corrected chi connectivity index (χ3v) is 6.26. The molecule has 0 bridgehead atoms. The molecule has 0 atom stereocenters. The van der Waals surface area contributed by atoms with Crippen LogP contribution in [0.2, 0.25) is 0 Å². The van der Waals surface area contributed by atoms with Crippen molar-refractivity contribution in [1.29, 1.82) is 0 Å². The SMILES string of the molecule is CCc1cccc(CC)c1NC(=O)CN1CCC(c2nc3ccc(C)cc3[nH]2)CC1. The van der Waals surface area contributed by atoms with Crippen LogP contribution < -0.4 is 5.32 Å². The van der Waals surface area contributed by atoms with Crippen molar-refractivity contribution in [2.45, 2.75) is 52.4 Å². The molecule has 2 aromatic carbocycles. The lowest BCUT2D eigenvalue weighted by atomic mass is 9.96. The topological polar surface area (TPSA) is 61.0 Å². The van der Waals surface area contributed by atoms with Crippen LogP contribution in [-0.2, 0) is 17.6 Å². The molecule has 2 N–H and O–H groups in total. The van der Waals surface area contributed by atoms with Crippen molar-refractivity contribution in [2.24, 2.45) is 0 Å². The number of aromatic nitrogens is 2. The van der Waals surface area contributed by atoms with E-state index in [1.165, 1.54) is 16.7 Å². The number of aromatic amines is 1. The molecule has 1 amide bonds. The van der Waals surface area contributed by atoms with E-state index in [1.807, 2.05) is 0 Å². The van der Waals surface area contributed by atoms with Gasteiger partial charge in [0, 0.05) is 11.6 Å². The number of aryl methyl sites for hydroxylation is 3. The Balaban J connectivity index is 1.35. The maximum atomic E-state index is 12.7. The van der Waals surface area contributed by atoms with Crippen molar-refractivity contribution in [3.8, 4) is 0 Å². The van der Waals surface area contributed by atoms with Crippen LogP contribution in [0.1, 0.15) is 55.1 Å². The molecule has 0 unspecified atom stereocenters. The Morgan fingerprint density at radius 2 is 1.83 bits per heavy atom. The smallest absolute Gasteiger partial charge is 0.238 e. The number of H-pyrrole nitrogens is 1. The molecule has 0 radical (unpaired) electrons. The second-order valence-corrected chi connectivity index (χ2v) is 8.40. The van der Waals surface area contributed by atoms with Crippen LogP contribution >= 0.6 is 0 Å². The van der Waals surface area contributed by atoms with Crippen LogP contribution in [0.15, 0.2) is 36.4 Å². The monoisotopic (exact) mass is 404 g/mol. The zero-order valence-corrected chi connectivity index (χ0v) is 18.3. The molecule has 5 heteroatoms. The summed E-state index contributed by atoms with van der Waals surface area (Å²) in [6, 6.07) is 12.6. The first kappa shape index (κ1) is 20.6. The predicted octanol–water partition coefficient (Wildman–Crippen LogP) is 4.81. The molecule has 1 saturated heterocycles. The summed E-state index contributed by atoms with van der Waals surface area (Å²) < 4.78 is 0. The minimum Gasteiger partial charge on any atom is -0.342 e. The van der Waals surface area contributed by atoms with Crippen molar-refractivity contribution in [2.75, 3.05) is 25.0 Å². The Bertz CT molecular complexity index is 1010. The normalized spacial score (nSPS) is 15.6. The fourth-order valence-electron chi connectivity index (χ4n) is 4.49. The lowest BCUT2D eigenvalue weighted by Crippen LogP contribution is -2.39. The Kier molecular flexibility index (Phi) is 6.18. The number of piperidine rings is 1. The first-order chi connectivity index (χ1) is 14.6. The van der Waals surface area contributed by atoms with Gasteiger partial charge >= 0.3 is 0 Å². The number of carbonyl (C=O) groups is 1. The molecular formula is C25H32N4O. The van der Waals surface area contributed by atoms with E-state index in [0.29, 0.717) is 12.5 Å². The fraction of sp³-hybridized carbons (Fsp3) is 0.440. The third-order valence-electron chi connectivity index (χ3n) is 6.26. The van der Waals surface area contributed by atoms with Crippen LogP contribution in [0, 0.1) is 6.92 Å². The number of amides is 1. The van der Waals surface area contributed by atoms with Gasteiger partial charge in [-0.05, 0) is 74.5 Å². The van der Waals surface area contributed by atoms with E-state index < -0.39 is 0 Å². The van der Waals surface area contributed by atoms with Crippen LogP contribution in [0.3, 0.4) is 0 Å². The number of hydrogen-bond acceptors (Lipinski definition) is 3. The molecule has 0 spiro atoms. The average Bonchev–Trinajstić information content (AvgIpc) is 3.17. The van der Waals surface area contributed by atoms with Crippen LogP contribution in [0.25, 0.3) is 11.0 Å². The Morgan fingerprint density at radius 1 is 1.13 bits per heavy atom. The molecule has 158 valence electrons. The van der Waals surface area contributed by atoms with Gasteiger partial charge in [0.05, 0.1) is 17.6 Å². The maximum Gasteiger partial charge on any atom is 0.238 e. The van der Waals surface area contributed by atoms with Crippen molar-refractivity contribution in [3.63, 3.8) is 0 Å². The Morgan fingerprint density at radius 3 is 2.50 bits per heavy atom. The zero-order chi connectivity index (χ0) is 21.1. The first-order valence-electron chi connectivity index (χ1n) is 11.2. The molecule has 2 heterocycles. The quantitative estimate of drug-likeness (QED) is 0.619. The van der Waals surface area contributed by atoms with Gasteiger partial charge in [0.15, 0.2) is 0 Å². The lowest BCUT2D eigenvalue weighted by Gasteiger charge is -2.30. The number of nitrogens with one attached hydrogen (secondary N) is 2. The van der Waals surface area contributed by atoms with E-state index in [1.54, 1.807) is 0 Å². The summed E-state index contributed by atoms with van der Waals surface area (Å²) >= 11 is 0. The number of likely N-dealkylation sites (tertiary alicyclic amines) is 1. The van der Waals surface area contributed by atoms with Gasteiger partial charge in [0.1, 0.15) is 5.82 Å². The molecular weight excluding hydrogens is 372 g/mol. The highest BCUT2D eigenvalue weighted by Gasteiger charge is 2.24. The second-order valence-electron chi connectivity index (χ2n) is 8.40. The number of para-hydroxylation sites is 1. The molecule has 0 aliphatic carbocycles. The van der Waals surface area contributed by atoms with Gasteiger partial charge in [0.2, 0.25) is 5.91 Å². The lowest BCUT2D eigenvalue weighted by molar-refractivity contribution is -0.117. The van der Waals surface area contributed by atoms with Gasteiger partial charge in [-0.1, -0.05) is 38.1 Å². The number of carbonyl (C=O) groups excluding carboxylic acids is 1. The molecule has 30 heavy (non-hydrogen) atoms. The Labute approximate surface area is 178 Å². The summed E-state index contributed by atoms with van der Waals surface area (Å²) in [5, 5.41) is 3.20. The second kappa shape index (κ2) is 9.00. The van der Waals surface area contributed by atoms with E-state index in [9.17, 15) is 4.79 Å². The number of fused-ring (bicyclic) bond motifs is 1. The van der Waals surface area contributed by atoms with Crippen molar-refractivity contribution < 1.29 is 4.79 Å². The van der Waals surface area contributed by atoms with Crippen LogP contribution in [-0.4, -0.2) is 40.4 Å². The zero-order valence-electron chi connectivity index (χ0n) is 18.3. The number of anilines is 1. The van der Waals surface area contributed by atoms with Crippen molar-refractivity contribution in [3.05, 3.63) is 58.9 Å². The van der Waals surface area contributed by atoms with Crippen LogP contribution in [0.5, 0.6) is 0 Å². The number of imidazole rings is 1. The molecule has 0 saturated carbocycles. The van der Waals surface area contributed by atoms with Gasteiger partial charge in [-0.3, -0.25) is 9.69 Å². The minimum atomic E-state index is 0.0864. The number of nitrogens with zero attached hydrogens (tertiary/aromatic N) is 2. The van der Waals surface area contributed by atoms with E-state index in [2.05, 4.69) is 72.4 Å². The summed E-state index contributed by atoms with van der Waals surface area (Å²) in [6.45, 7) is 8.66. The molecule has 5 nitrogen and oxygen atoms in total. The molecule has 1 fully saturated rings. The first-order valence-corrected chi connectivity index (χ1v) is 11.2. The van der Waals surface area contributed by atoms with Gasteiger partial charge in [0.25, 0.3) is 0 Å². The summed E-state index contributed by atoms with van der Waals surface area (Å²) in [7, 11) is 0. The predicted molar refractivity (Wildman–Crippen MR) is 123 cm³/mol. The number of benzene rings is 2. The van der Waals surface area contributed by atoms with E-state index in [0.717, 1.165) is 61.3 Å².